The Kier molecular flexibility index (Phi) is 4.82. The molecule has 0 atom stereocenters. The molecule has 106 valence electrons. The van der Waals surface area contributed by atoms with Gasteiger partial charge in [-0.2, -0.15) is 0 Å². The smallest absolute Gasteiger partial charge is 0.0328 e. The molecule has 20 heavy (non-hydrogen) atoms. The SMILES string of the molecule is CC(C)(C)c1ccc(SCc2cc(N)cc(Br)c2)cc1. The van der Waals surface area contributed by atoms with Crippen molar-refractivity contribution in [3.63, 3.8) is 0 Å². The summed E-state index contributed by atoms with van der Waals surface area (Å²) in [6.45, 7) is 6.71. The Morgan fingerprint density at radius 2 is 1.70 bits per heavy atom. The highest BCUT2D eigenvalue weighted by molar-refractivity contribution is 9.10. The third-order valence-electron chi connectivity index (χ3n) is 3.11. The van der Waals surface area contributed by atoms with E-state index in [4.69, 9.17) is 5.73 Å². The van der Waals surface area contributed by atoms with Gasteiger partial charge in [-0.25, -0.2) is 0 Å². The van der Waals surface area contributed by atoms with Gasteiger partial charge in [-0.1, -0.05) is 48.8 Å². The van der Waals surface area contributed by atoms with Gasteiger partial charge in [-0.3, -0.25) is 0 Å². The average molecular weight is 350 g/mol. The second kappa shape index (κ2) is 6.23. The van der Waals surface area contributed by atoms with E-state index in [9.17, 15) is 0 Å². The highest BCUT2D eigenvalue weighted by Crippen LogP contribution is 2.28. The molecule has 0 aliphatic carbocycles. The molecule has 2 aromatic carbocycles. The summed E-state index contributed by atoms with van der Waals surface area (Å²) in [4.78, 5) is 1.29. The minimum atomic E-state index is 0.210. The number of halogens is 1. The first kappa shape index (κ1) is 15.5. The average Bonchev–Trinajstić information content (AvgIpc) is 2.35. The lowest BCUT2D eigenvalue weighted by Crippen LogP contribution is -2.10. The first-order valence-electron chi connectivity index (χ1n) is 6.63. The van der Waals surface area contributed by atoms with E-state index in [-0.39, 0.29) is 5.41 Å². The Balaban J connectivity index is 2.04. The first-order valence-corrected chi connectivity index (χ1v) is 8.41. The summed E-state index contributed by atoms with van der Waals surface area (Å²) in [5.41, 5.74) is 9.48. The maximum atomic E-state index is 5.86. The quantitative estimate of drug-likeness (QED) is 0.574. The molecule has 0 saturated carbocycles. The van der Waals surface area contributed by atoms with Gasteiger partial charge in [0.15, 0.2) is 0 Å². The molecule has 0 bridgehead atoms. The largest absolute Gasteiger partial charge is 0.399 e. The topological polar surface area (TPSA) is 26.0 Å². The maximum absolute atomic E-state index is 5.86. The summed E-state index contributed by atoms with van der Waals surface area (Å²) in [6, 6.07) is 14.9. The van der Waals surface area contributed by atoms with Crippen molar-refractivity contribution < 1.29 is 0 Å². The normalized spacial score (nSPS) is 11.6. The lowest BCUT2D eigenvalue weighted by atomic mass is 9.87. The molecule has 2 rings (SSSR count). The van der Waals surface area contributed by atoms with E-state index in [1.165, 1.54) is 16.0 Å². The van der Waals surface area contributed by atoms with Gasteiger partial charge >= 0.3 is 0 Å². The van der Waals surface area contributed by atoms with E-state index in [2.05, 4.69) is 67.0 Å². The fraction of sp³-hybridized carbons (Fsp3) is 0.294. The summed E-state index contributed by atoms with van der Waals surface area (Å²) in [6.07, 6.45) is 0. The number of hydrogen-bond acceptors (Lipinski definition) is 2. The monoisotopic (exact) mass is 349 g/mol. The molecule has 3 heteroatoms. The number of benzene rings is 2. The van der Waals surface area contributed by atoms with Gasteiger partial charge in [0, 0.05) is 20.8 Å². The van der Waals surface area contributed by atoms with Crippen LogP contribution in [0.15, 0.2) is 51.8 Å². The van der Waals surface area contributed by atoms with E-state index in [0.717, 1.165) is 15.9 Å². The van der Waals surface area contributed by atoms with Crippen LogP contribution in [0.4, 0.5) is 5.69 Å². The van der Waals surface area contributed by atoms with E-state index in [1.807, 2.05) is 23.9 Å². The molecule has 0 unspecified atom stereocenters. The summed E-state index contributed by atoms with van der Waals surface area (Å²) in [5, 5.41) is 0. The molecule has 0 spiro atoms. The van der Waals surface area contributed by atoms with Gasteiger partial charge in [-0.05, 0) is 46.9 Å². The van der Waals surface area contributed by atoms with Crippen LogP contribution in [0.2, 0.25) is 0 Å². The van der Waals surface area contributed by atoms with Crippen molar-refractivity contribution in [2.45, 2.75) is 36.8 Å². The van der Waals surface area contributed by atoms with Crippen LogP contribution in [-0.2, 0) is 11.2 Å². The van der Waals surface area contributed by atoms with E-state index < -0.39 is 0 Å². The minimum Gasteiger partial charge on any atom is -0.399 e. The molecular weight excluding hydrogens is 330 g/mol. The highest BCUT2D eigenvalue weighted by Gasteiger charge is 2.12. The third-order valence-corrected chi connectivity index (χ3v) is 4.65. The fourth-order valence-corrected chi connectivity index (χ4v) is 3.36. The Morgan fingerprint density at radius 1 is 1.05 bits per heavy atom. The van der Waals surface area contributed by atoms with Gasteiger partial charge < -0.3 is 5.73 Å². The Hall–Kier alpha value is -0.930. The predicted molar refractivity (Wildman–Crippen MR) is 93.3 cm³/mol. The first-order chi connectivity index (χ1) is 9.34. The Labute approximate surface area is 134 Å². The molecule has 0 radical (unpaired) electrons. The van der Waals surface area contributed by atoms with E-state index >= 15 is 0 Å². The molecular formula is C17H20BrNS. The van der Waals surface area contributed by atoms with Crippen molar-refractivity contribution in [2.75, 3.05) is 5.73 Å². The van der Waals surface area contributed by atoms with Crippen LogP contribution in [-0.4, -0.2) is 0 Å². The van der Waals surface area contributed by atoms with Crippen molar-refractivity contribution in [2.24, 2.45) is 0 Å². The molecule has 0 heterocycles. The zero-order chi connectivity index (χ0) is 14.8. The lowest BCUT2D eigenvalue weighted by molar-refractivity contribution is 0.590. The van der Waals surface area contributed by atoms with Crippen LogP contribution in [0, 0.1) is 0 Å². The van der Waals surface area contributed by atoms with Gasteiger partial charge in [0.2, 0.25) is 0 Å². The molecule has 0 aromatic heterocycles. The molecule has 0 aliphatic heterocycles. The van der Waals surface area contributed by atoms with Gasteiger partial charge in [0.1, 0.15) is 0 Å². The highest BCUT2D eigenvalue weighted by atomic mass is 79.9. The summed E-state index contributed by atoms with van der Waals surface area (Å²) >= 11 is 5.32. The van der Waals surface area contributed by atoms with Crippen molar-refractivity contribution >= 4 is 33.4 Å². The van der Waals surface area contributed by atoms with Crippen LogP contribution in [0.25, 0.3) is 0 Å². The number of hydrogen-bond donors (Lipinski definition) is 1. The molecule has 0 fully saturated rings. The number of thioether (sulfide) groups is 1. The molecule has 0 amide bonds. The van der Waals surface area contributed by atoms with Gasteiger partial charge in [0.05, 0.1) is 0 Å². The number of nitrogens with two attached hydrogens (primary N) is 1. The zero-order valence-electron chi connectivity index (χ0n) is 12.1. The number of nitrogen functional groups attached to an aromatic ring is 1. The predicted octanol–water partition coefficient (Wildman–Crippen LogP) is 5.62. The van der Waals surface area contributed by atoms with Crippen molar-refractivity contribution in [1.82, 2.24) is 0 Å². The molecule has 2 aromatic rings. The number of anilines is 1. The molecule has 0 aliphatic rings. The molecule has 2 N–H and O–H groups in total. The van der Waals surface area contributed by atoms with Crippen molar-refractivity contribution in [3.8, 4) is 0 Å². The second-order valence-electron chi connectivity index (χ2n) is 5.96. The minimum absolute atomic E-state index is 0.210. The second-order valence-corrected chi connectivity index (χ2v) is 7.92. The standard InChI is InChI=1S/C17H20BrNS/c1-17(2,3)13-4-6-16(7-5-13)20-11-12-8-14(18)10-15(19)9-12/h4-10H,11,19H2,1-3H3. The summed E-state index contributed by atoms with van der Waals surface area (Å²) in [7, 11) is 0. The lowest BCUT2D eigenvalue weighted by Gasteiger charge is -2.19. The van der Waals surface area contributed by atoms with Gasteiger partial charge in [-0.15, -0.1) is 11.8 Å². The Bertz CT molecular complexity index is 565. The Morgan fingerprint density at radius 3 is 2.25 bits per heavy atom. The van der Waals surface area contributed by atoms with E-state index in [0.29, 0.717) is 0 Å². The maximum Gasteiger partial charge on any atom is 0.0328 e. The van der Waals surface area contributed by atoms with Crippen LogP contribution >= 0.6 is 27.7 Å². The van der Waals surface area contributed by atoms with Crippen molar-refractivity contribution in [1.29, 1.82) is 0 Å². The molecule has 0 saturated heterocycles. The van der Waals surface area contributed by atoms with Crippen LogP contribution in [0.5, 0.6) is 0 Å². The van der Waals surface area contributed by atoms with Crippen LogP contribution in [0.1, 0.15) is 31.9 Å². The summed E-state index contributed by atoms with van der Waals surface area (Å²) in [5.74, 6) is 0.929. The van der Waals surface area contributed by atoms with Crippen LogP contribution in [0.3, 0.4) is 0 Å². The fourth-order valence-electron chi connectivity index (χ4n) is 1.98. The summed E-state index contributed by atoms with van der Waals surface area (Å²) < 4.78 is 1.04. The number of rotatable bonds is 3. The van der Waals surface area contributed by atoms with Gasteiger partial charge in [0.25, 0.3) is 0 Å². The molecule has 1 nitrogen and oxygen atoms in total. The van der Waals surface area contributed by atoms with Crippen molar-refractivity contribution in [3.05, 3.63) is 58.1 Å². The van der Waals surface area contributed by atoms with Crippen LogP contribution < -0.4 is 5.73 Å². The third kappa shape index (κ3) is 4.29. The zero-order valence-corrected chi connectivity index (χ0v) is 14.5. The van der Waals surface area contributed by atoms with E-state index in [1.54, 1.807) is 0 Å².